The Labute approximate surface area is 142 Å². The molecule has 2 heterocycles. The van der Waals surface area contributed by atoms with E-state index in [1.807, 2.05) is 47.2 Å². The second kappa shape index (κ2) is 5.77. The standard InChI is InChI=1S/C20H13F3N2/c21-20(22,23)16-6-3-5-15(12-16)18-9-8-17(13-24-18)25-11-10-14-4-1-2-7-19(14)25/h1-13H. The van der Waals surface area contributed by atoms with Gasteiger partial charge in [0.2, 0.25) is 0 Å². The Morgan fingerprint density at radius 1 is 0.840 bits per heavy atom. The number of pyridine rings is 1. The van der Waals surface area contributed by atoms with Crippen LogP contribution in [0.4, 0.5) is 13.2 Å². The number of benzene rings is 2. The van der Waals surface area contributed by atoms with Gasteiger partial charge in [-0.15, -0.1) is 0 Å². The van der Waals surface area contributed by atoms with Crippen molar-refractivity contribution in [2.75, 3.05) is 0 Å². The van der Waals surface area contributed by atoms with Crippen molar-refractivity contribution in [3.8, 4) is 16.9 Å². The molecule has 0 atom stereocenters. The van der Waals surface area contributed by atoms with E-state index in [0.29, 0.717) is 11.3 Å². The molecule has 2 nitrogen and oxygen atoms in total. The van der Waals surface area contributed by atoms with Crippen molar-refractivity contribution in [3.63, 3.8) is 0 Å². The number of hydrogen-bond acceptors (Lipinski definition) is 1. The monoisotopic (exact) mass is 338 g/mol. The van der Waals surface area contributed by atoms with Crippen LogP contribution < -0.4 is 0 Å². The highest BCUT2D eigenvalue weighted by molar-refractivity contribution is 5.81. The van der Waals surface area contributed by atoms with Crippen LogP contribution in [0.25, 0.3) is 27.8 Å². The second-order valence-corrected chi connectivity index (χ2v) is 5.72. The molecule has 0 saturated heterocycles. The molecule has 0 aliphatic rings. The number of aromatic nitrogens is 2. The fourth-order valence-corrected chi connectivity index (χ4v) is 2.86. The first-order chi connectivity index (χ1) is 12.0. The summed E-state index contributed by atoms with van der Waals surface area (Å²) in [6, 6.07) is 18.8. The summed E-state index contributed by atoms with van der Waals surface area (Å²) in [6.07, 6.45) is -0.742. The lowest BCUT2D eigenvalue weighted by atomic mass is 10.1. The minimum atomic E-state index is -4.36. The molecule has 0 spiro atoms. The predicted octanol–water partition coefficient (Wildman–Crippen LogP) is 5.71. The molecule has 0 aliphatic carbocycles. The fourth-order valence-electron chi connectivity index (χ4n) is 2.86. The van der Waals surface area contributed by atoms with Crippen LogP contribution in [-0.4, -0.2) is 9.55 Å². The van der Waals surface area contributed by atoms with E-state index in [1.165, 1.54) is 6.07 Å². The normalized spacial score (nSPS) is 11.8. The molecule has 124 valence electrons. The molecule has 0 radical (unpaired) electrons. The largest absolute Gasteiger partial charge is 0.416 e. The predicted molar refractivity (Wildman–Crippen MR) is 91.5 cm³/mol. The van der Waals surface area contributed by atoms with E-state index < -0.39 is 11.7 Å². The third-order valence-electron chi connectivity index (χ3n) is 4.11. The number of alkyl halides is 3. The van der Waals surface area contributed by atoms with Gasteiger partial charge in [-0.05, 0) is 41.8 Å². The van der Waals surface area contributed by atoms with Crippen molar-refractivity contribution in [1.82, 2.24) is 9.55 Å². The first-order valence-electron chi connectivity index (χ1n) is 7.72. The van der Waals surface area contributed by atoms with Crippen LogP contribution in [0.3, 0.4) is 0 Å². The molecule has 0 aliphatic heterocycles. The summed E-state index contributed by atoms with van der Waals surface area (Å²) < 4.78 is 40.6. The van der Waals surface area contributed by atoms with Crippen molar-refractivity contribution in [2.24, 2.45) is 0 Å². The van der Waals surface area contributed by atoms with Crippen LogP contribution >= 0.6 is 0 Å². The molecule has 0 amide bonds. The number of para-hydroxylation sites is 1. The molecule has 2 aromatic carbocycles. The number of hydrogen-bond donors (Lipinski definition) is 0. The highest BCUT2D eigenvalue weighted by Gasteiger charge is 2.30. The van der Waals surface area contributed by atoms with E-state index in [-0.39, 0.29) is 0 Å². The smallest absolute Gasteiger partial charge is 0.315 e. The lowest BCUT2D eigenvalue weighted by Crippen LogP contribution is -2.04. The van der Waals surface area contributed by atoms with Gasteiger partial charge in [0, 0.05) is 11.8 Å². The van der Waals surface area contributed by atoms with Crippen LogP contribution in [0.2, 0.25) is 0 Å². The maximum Gasteiger partial charge on any atom is 0.416 e. The van der Waals surface area contributed by atoms with E-state index >= 15 is 0 Å². The summed E-state index contributed by atoms with van der Waals surface area (Å²) in [5, 5.41) is 1.12. The highest BCUT2D eigenvalue weighted by Crippen LogP contribution is 2.32. The molecule has 0 unspecified atom stereocenters. The third-order valence-corrected chi connectivity index (χ3v) is 4.11. The average molecular weight is 338 g/mol. The first-order valence-corrected chi connectivity index (χ1v) is 7.72. The van der Waals surface area contributed by atoms with Crippen LogP contribution in [0.15, 0.2) is 79.1 Å². The molecule has 4 aromatic rings. The lowest BCUT2D eigenvalue weighted by molar-refractivity contribution is -0.137. The van der Waals surface area contributed by atoms with Crippen molar-refractivity contribution in [1.29, 1.82) is 0 Å². The average Bonchev–Trinajstić information content (AvgIpc) is 3.05. The van der Waals surface area contributed by atoms with E-state index in [2.05, 4.69) is 4.98 Å². The van der Waals surface area contributed by atoms with Crippen LogP contribution in [-0.2, 0) is 6.18 Å². The highest BCUT2D eigenvalue weighted by atomic mass is 19.4. The Kier molecular flexibility index (Phi) is 3.57. The van der Waals surface area contributed by atoms with Gasteiger partial charge in [-0.25, -0.2) is 0 Å². The Morgan fingerprint density at radius 3 is 2.44 bits per heavy atom. The van der Waals surface area contributed by atoms with Crippen molar-refractivity contribution in [2.45, 2.75) is 6.18 Å². The van der Waals surface area contributed by atoms with Crippen LogP contribution in [0.1, 0.15) is 5.56 Å². The van der Waals surface area contributed by atoms with Gasteiger partial charge in [-0.2, -0.15) is 13.2 Å². The summed E-state index contributed by atoms with van der Waals surface area (Å²) >= 11 is 0. The molecular formula is C20H13F3N2. The second-order valence-electron chi connectivity index (χ2n) is 5.72. The summed E-state index contributed by atoms with van der Waals surface area (Å²) in [5.41, 5.74) is 2.19. The van der Waals surface area contributed by atoms with Gasteiger partial charge in [0.25, 0.3) is 0 Å². The van der Waals surface area contributed by atoms with Gasteiger partial charge in [-0.3, -0.25) is 4.98 Å². The summed E-state index contributed by atoms with van der Waals surface area (Å²) in [4.78, 5) is 4.35. The van der Waals surface area contributed by atoms with Gasteiger partial charge in [0.05, 0.1) is 28.7 Å². The van der Waals surface area contributed by atoms with Crippen LogP contribution in [0.5, 0.6) is 0 Å². The number of fused-ring (bicyclic) bond motifs is 1. The van der Waals surface area contributed by atoms with E-state index in [9.17, 15) is 13.2 Å². The summed E-state index contributed by atoms with van der Waals surface area (Å²) in [7, 11) is 0. The van der Waals surface area contributed by atoms with E-state index in [1.54, 1.807) is 18.3 Å². The van der Waals surface area contributed by atoms with Gasteiger partial charge in [0.15, 0.2) is 0 Å². The van der Waals surface area contributed by atoms with Gasteiger partial charge < -0.3 is 4.57 Å². The number of nitrogens with zero attached hydrogens (tertiary/aromatic N) is 2. The first kappa shape index (κ1) is 15.4. The molecular weight excluding hydrogens is 325 g/mol. The van der Waals surface area contributed by atoms with Crippen molar-refractivity contribution in [3.05, 3.63) is 84.7 Å². The summed E-state index contributed by atoms with van der Waals surface area (Å²) in [5.74, 6) is 0. The number of rotatable bonds is 2. The molecule has 0 N–H and O–H groups in total. The molecule has 0 fully saturated rings. The molecule has 2 aromatic heterocycles. The maximum atomic E-state index is 12.9. The fraction of sp³-hybridized carbons (Fsp3) is 0.0500. The Hall–Kier alpha value is -3.08. The van der Waals surface area contributed by atoms with Crippen LogP contribution in [0, 0.1) is 0 Å². The van der Waals surface area contributed by atoms with Gasteiger partial charge in [-0.1, -0.05) is 30.3 Å². The molecule has 0 saturated carbocycles. The molecule has 0 bridgehead atoms. The van der Waals surface area contributed by atoms with E-state index in [0.717, 1.165) is 28.7 Å². The summed E-state index contributed by atoms with van der Waals surface area (Å²) in [6.45, 7) is 0. The zero-order valence-corrected chi connectivity index (χ0v) is 13.0. The minimum absolute atomic E-state index is 0.443. The maximum absolute atomic E-state index is 12.9. The topological polar surface area (TPSA) is 17.8 Å². The number of halogens is 3. The van der Waals surface area contributed by atoms with Gasteiger partial charge >= 0.3 is 6.18 Å². The Morgan fingerprint density at radius 2 is 1.68 bits per heavy atom. The third kappa shape index (κ3) is 2.89. The van der Waals surface area contributed by atoms with Crippen molar-refractivity contribution >= 4 is 10.9 Å². The lowest BCUT2D eigenvalue weighted by Gasteiger charge is -2.09. The minimum Gasteiger partial charge on any atom is -0.315 e. The zero-order chi connectivity index (χ0) is 17.4. The quantitative estimate of drug-likeness (QED) is 0.458. The van der Waals surface area contributed by atoms with Gasteiger partial charge in [0.1, 0.15) is 0 Å². The SMILES string of the molecule is FC(F)(F)c1cccc(-c2ccc(-n3ccc4ccccc43)cn2)c1. The van der Waals surface area contributed by atoms with Crippen molar-refractivity contribution < 1.29 is 13.2 Å². The Bertz CT molecular complexity index is 1030. The molecule has 5 heteroatoms. The molecule has 25 heavy (non-hydrogen) atoms. The molecule has 4 rings (SSSR count). The Balaban J connectivity index is 1.71. The van der Waals surface area contributed by atoms with E-state index in [4.69, 9.17) is 0 Å². The zero-order valence-electron chi connectivity index (χ0n) is 13.0.